The fourth-order valence-electron chi connectivity index (χ4n) is 5.90. The van der Waals surface area contributed by atoms with E-state index in [4.69, 9.17) is 17.0 Å². The smallest absolute Gasteiger partial charge is 0.249 e. The van der Waals surface area contributed by atoms with Crippen LogP contribution >= 0.6 is 12.2 Å². The largest absolute Gasteiger partial charge is 0.504 e. The Kier molecular flexibility index (Phi) is 9.80. The maximum Gasteiger partial charge on any atom is 0.249 e. The van der Waals surface area contributed by atoms with E-state index in [1.165, 1.54) is 18.2 Å². The number of fused-ring (bicyclic) bond motifs is 1. The average Bonchev–Trinajstić information content (AvgIpc) is 3.30. The summed E-state index contributed by atoms with van der Waals surface area (Å²) in [5, 5.41) is 35.5. The van der Waals surface area contributed by atoms with E-state index in [1.807, 2.05) is 0 Å². The summed E-state index contributed by atoms with van der Waals surface area (Å²) >= 11 is 5.85. The Morgan fingerprint density at radius 1 is 1.16 bits per heavy atom. The first-order chi connectivity index (χ1) is 18.2. The molecule has 1 saturated carbocycles. The van der Waals surface area contributed by atoms with Gasteiger partial charge in [0, 0.05) is 38.6 Å². The highest BCUT2D eigenvalue weighted by Crippen LogP contribution is 2.40. The average molecular weight is 549 g/mol. The Labute approximate surface area is 229 Å². The molecule has 10 nitrogen and oxygen atoms in total. The van der Waals surface area contributed by atoms with Crippen molar-refractivity contribution in [2.24, 2.45) is 5.92 Å². The third-order valence-corrected chi connectivity index (χ3v) is 8.54. The van der Waals surface area contributed by atoms with Crippen LogP contribution in [0.1, 0.15) is 44.6 Å². The number of likely N-dealkylation sites (tertiary alicyclic amines) is 1. The highest BCUT2D eigenvalue weighted by molar-refractivity contribution is 7.80. The van der Waals surface area contributed by atoms with Gasteiger partial charge < -0.3 is 35.6 Å². The maximum absolute atomic E-state index is 13.3. The lowest BCUT2D eigenvalue weighted by molar-refractivity contribution is -0.129. The normalized spacial score (nSPS) is 25.3. The topological polar surface area (TPSA) is 135 Å². The molecule has 0 bridgehead atoms. The van der Waals surface area contributed by atoms with Crippen molar-refractivity contribution in [3.8, 4) is 11.5 Å². The minimum Gasteiger partial charge on any atom is -0.504 e. The summed E-state index contributed by atoms with van der Waals surface area (Å²) in [5.41, 5.74) is 0.511. The molecule has 5 N–H and O–H groups in total. The zero-order chi connectivity index (χ0) is 27.2. The number of morpholine rings is 1. The number of ether oxygens (including phenoxy) is 1. The number of aromatic hydroxyl groups is 2. The second-order valence-corrected chi connectivity index (χ2v) is 11.0. The molecular weight excluding hydrogens is 508 g/mol. The van der Waals surface area contributed by atoms with Crippen molar-refractivity contribution in [1.82, 2.24) is 20.4 Å². The van der Waals surface area contributed by atoms with E-state index in [2.05, 4.69) is 20.4 Å². The van der Waals surface area contributed by atoms with Crippen molar-refractivity contribution >= 4 is 29.0 Å². The number of thiocarbonyl (C=S) groups is 1. The lowest BCUT2D eigenvalue weighted by Gasteiger charge is -2.37. The van der Waals surface area contributed by atoms with Crippen molar-refractivity contribution in [1.29, 1.82) is 0 Å². The van der Waals surface area contributed by atoms with Crippen LogP contribution in [0.15, 0.2) is 18.2 Å². The minimum atomic E-state index is -1.36. The molecule has 0 aromatic heterocycles. The molecule has 3 aliphatic rings. The quantitative estimate of drug-likeness (QED) is 0.226. The molecule has 210 valence electrons. The molecule has 1 aromatic rings. The molecule has 5 atom stereocenters. The van der Waals surface area contributed by atoms with Crippen LogP contribution in [0.5, 0.6) is 11.5 Å². The lowest BCUT2D eigenvalue weighted by atomic mass is 9.84. The summed E-state index contributed by atoms with van der Waals surface area (Å²) in [7, 11) is 0. The number of benzene rings is 1. The van der Waals surface area contributed by atoms with E-state index in [9.17, 15) is 24.9 Å². The van der Waals surface area contributed by atoms with E-state index in [0.717, 1.165) is 65.0 Å². The summed E-state index contributed by atoms with van der Waals surface area (Å²) in [6, 6.07) is 3.42. The molecule has 2 unspecified atom stereocenters. The van der Waals surface area contributed by atoms with Gasteiger partial charge in [-0.15, -0.1) is 0 Å². The highest BCUT2D eigenvalue weighted by atomic mass is 32.1. The van der Waals surface area contributed by atoms with Gasteiger partial charge in [-0.1, -0.05) is 31.1 Å². The van der Waals surface area contributed by atoms with Crippen molar-refractivity contribution in [3.63, 3.8) is 0 Å². The van der Waals surface area contributed by atoms with Crippen LogP contribution in [0.2, 0.25) is 0 Å². The first-order valence-electron chi connectivity index (χ1n) is 13.6. The summed E-state index contributed by atoms with van der Waals surface area (Å²) in [6.45, 7) is 6.31. The minimum absolute atomic E-state index is 0.0260. The number of nitrogens with one attached hydrogen (secondary N) is 2. The van der Waals surface area contributed by atoms with Crippen molar-refractivity contribution in [2.75, 3.05) is 39.4 Å². The summed E-state index contributed by atoms with van der Waals surface area (Å²) in [5.74, 6) is -0.792. The van der Waals surface area contributed by atoms with E-state index in [0.29, 0.717) is 23.0 Å². The second kappa shape index (κ2) is 13.1. The van der Waals surface area contributed by atoms with Crippen LogP contribution in [0, 0.1) is 5.92 Å². The fourth-order valence-corrected chi connectivity index (χ4v) is 6.22. The van der Waals surface area contributed by atoms with Gasteiger partial charge in [-0.3, -0.25) is 14.5 Å². The summed E-state index contributed by atoms with van der Waals surface area (Å²) in [6.07, 6.45) is 3.65. The van der Waals surface area contributed by atoms with Gasteiger partial charge in [0.1, 0.15) is 17.1 Å². The fraction of sp³-hybridized carbons (Fsp3) is 0.667. The number of phenols is 2. The van der Waals surface area contributed by atoms with Crippen molar-refractivity contribution in [2.45, 2.75) is 69.7 Å². The van der Waals surface area contributed by atoms with Gasteiger partial charge in [0.2, 0.25) is 11.8 Å². The van der Waals surface area contributed by atoms with Crippen molar-refractivity contribution < 1.29 is 29.6 Å². The Morgan fingerprint density at radius 2 is 1.89 bits per heavy atom. The number of nitrogens with zero attached hydrogens (tertiary/aromatic N) is 2. The first kappa shape index (κ1) is 28.5. The molecule has 0 spiro atoms. The van der Waals surface area contributed by atoms with Crippen LogP contribution in [-0.2, 0) is 20.7 Å². The first-order valence-corrected chi connectivity index (χ1v) is 14.0. The van der Waals surface area contributed by atoms with Crippen LogP contribution in [0.4, 0.5) is 0 Å². The van der Waals surface area contributed by atoms with Gasteiger partial charge in [0.05, 0.1) is 19.3 Å². The number of aliphatic hydroxyl groups is 1. The molecule has 2 heterocycles. The van der Waals surface area contributed by atoms with Gasteiger partial charge in [0.15, 0.2) is 11.5 Å². The molecule has 38 heavy (non-hydrogen) atoms. The van der Waals surface area contributed by atoms with Gasteiger partial charge >= 0.3 is 0 Å². The Morgan fingerprint density at radius 3 is 2.63 bits per heavy atom. The Hall–Kier alpha value is -2.47. The predicted molar refractivity (Wildman–Crippen MR) is 146 cm³/mol. The number of carbonyl (C=O) groups excluding carboxylic acids is 2. The zero-order valence-corrected chi connectivity index (χ0v) is 22.8. The zero-order valence-electron chi connectivity index (χ0n) is 22.0. The molecule has 3 fully saturated rings. The molecule has 1 aromatic carbocycles. The summed E-state index contributed by atoms with van der Waals surface area (Å²) in [4.78, 5) is 31.0. The number of aliphatic hydroxyl groups excluding tert-OH is 1. The number of phenolic OH excluding ortho intramolecular Hbond substituents is 2. The third kappa shape index (κ3) is 6.93. The Balaban J connectivity index is 1.35. The molecule has 2 aliphatic heterocycles. The summed E-state index contributed by atoms with van der Waals surface area (Å²) < 4.78 is 5.39. The van der Waals surface area contributed by atoms with Crippen LogP contribution < -0.4 is 10.6 Å². The lowest BCUT2D eigenvalue weighted by Crippen LogP contribution is -2.56. The van der Waals surface area contributed by atoms with E-state index in [-0.39, 0.29) is 35.9 Å². The molecular formula is C27H40N4O6S. The molecule has 2 saturated heterocycles. The number of rotatable bonds is 9. The highest BCUT2D eigenvalue weighted by Gasteiger charge is 2.47. The SMILES string of the molecule is C[C@H](NC(=O)[C@H](O)Cc1ccc(O)c(O)c1)C(=S)N1C2CCCCC2C[C@H]1C(=O)NCCN1CCOCC1. The van der Waals surface area contributed by atoms with Crippen LogP contribution in [0.25, 0.3) is 0 Å². The van der Waals surface area contributed by atoms with E-state index in [1.54, 1.807) is 6.92 Å². The van der Waals surface area contributed by atoms with Gasteiger partial charge in [-0.25, -0.2) is 0 Å². The monoisotopic (exact) mass is 548 g/mol. The van der Waals surface area contributed by atoms with Gasteiger partial charge in [-0.2, -0.15) is 0 Å². The number of hydrogen-bond donors (Lipinski definition) is 5. The molecule has 4 rings (SSSR count). The molecule has 11 heteroatoms. The van der Waals surface area contributed by atoms with Crippen LogP contribution in [0.3, 0.4) is 0 Å². The standard InChI is InChI=1S/C27H40N4O6S/c1-17(29-26(36)24(34)15-18-6-7-22(32)23(33)14-18)27(38)31-20-5-3-2-4-19(20)16-21(31)25(35)28-8-9-30-10-12-37-13-11-30/h6-7,14,17,19-21,24,32-34H,2-5,8-13,15-16H2,1H3,(H,28,35)(H,29,36)/t17-,19?,20?,21-,24+/m0/s1. The van der Waals surface area contributed by atoms with E-state index < -0.39 is 18.1 Å². The predicted octanol–water partition coefficient (Wildman–Crippen LogP) is 0.915. The Bertz CT molecular complexity index is 1000. The second-order valence-electron chi connectivity index (χ2n) is 10.6. The third-order valence-electron chi connectivity index (χ3n) is 7.98. The molecule has 1 aliphatic carbocycles. The number of carbonyl (C=O) groups is 2. The number of amides is 2. The van der Waals surface area contributed by atoms with E-state index >= 15 is 0 Å². The molecule has 2 amide bonds. The van der Waals surface area contributed by atoms with Crippen LogP contribution in [-0.4, -0.2) is 106 Å². The van der Waals surface area contributed by atoms with Crippen molar-refractivity contribution in [3.05, 3.63) is 23.8 Å². The maximum atomic E-state index is 13.3. The van der Waals surface area contributed by atoms with Gasteiger partial charge in [-0.05, 0) is 49.8 Å². The molecule has 0 radical (unpaired) electrons. The van der Waals surface area contributed by atoms with Gasteiger partial charge in [0.25, 0.3) is 0 Å². The number of hydrogen-bond acceptors (Lipinski definition) is 8.